The molecule has 43 heavy (non-hydrogen) atoms. The number of halogens is 1. The number of hydrogen-bond donors (Lipinski definition) is 1. The van der Waals surface area contributed by atoms with E-state index in [1.807, 2.05) is 37.3 Å². The van der Waals surface area contributed by atoms with E-state index in [9.17, 15) is 22.4 Å². The van der Waals surface area contributed by atoms with E-state index >= 15 is 0 Å². The van der Waals surface area contributed by atoms with Gasteiger partial charge in [-0.3, -0.25) is 13.9 Å². The number of likely N-dealkylation sites (N-methyl/N-ethyl adjacent to an activating group) is 1. The molecule has 0 aliphatic carbocycles. The Morgan fingerprint density at radius 3 is 2.12 bits per heavy atom. The molecule has 10 heteroatoms. The zero-order chi connectivity index (χ0) is 31.0. The number of hydrogen-bond acceptors (Lipinski definition) is 5. The molecule has 0 saturated heterocycles. The van der Waals surface area contributed by atoms with Crippen molar-refractivity contribution in [3.05, 3.63) is 126 Å². The number of aryl methyl sites for hydroxylation is 1. The van der Waals surface area contributed by atoms with E-state index in [1.165, 1.54) is 49.4 Å². The lowest BCUT2D eigenvalue weighted by atomic mass is 10.0. The third-order valence-corrected chi connectivity index (χ3v) is 8.85. The maximum absolute atomic E-state index is 14.9. The average Bonchev–Trinajstić information content (AvgIpc) is 3.02. The summed E-state index contributed by atoms with van der Waals surface area (Å²) in [6.45, 7) is 0.949. The number of amides is 2. The Balaban J connectivity index is 1.79. The van der Waals surface area contributed by atoms with Crippen LogP contribution in [0.4, 0.5) is 10.1 Å². The molecule has 0 bridgehead atoms. The van der Waals surface area contributed by atoms with Gasteiger partial charge in [0.25, 0.3) is 10.0 Å². The topological polar surface area (TPSA) is 96.0 Å². The normalized spacial score (nSPS) is 11.8. The minimum Gasteiger partial charge on any atom is -0.497 e. The minimum atomic E-state index is -4.24. The molecular formula is C33H34FN3O5S. The lowest BCUT2D eigenvalue weighted by Crippen LogP contribution is -2.53. The molecule has 0 spiro atoms. The van der Waals surface area contributed by atoms with Gasteiger partial charge in [-0.05, 0) is 55.0 Å². The summed E-state index contributed by atoms with van der Waals surface area (Å²) >= 11 is 0. The summed E-state index contributed by atoms with van der Waals surface area (Å²) in [4.78, 5) is 28.7. The Kier molecular flexibility index (Phi) is 10.2. The first-order valence-electron chi connectivity index (χ1n) is 13.7. The first-order valence-corrected chi connectivity index (χ1v) is 15.1. The number of carbonyl (C=O) groups excluding carboxylic acids is 2. The highest BCUT2D eigenvalue weighted by Gasteiger charge is 2.34. The Morgan fingerprint density at radius 1 is 0.884 bits per heavy atom. The van der Waals surface area contributed by atoms with Gasteiger partial charge in [0.1, 0.15) is 24.2 Å². The monoisotopic (exact) mass is 603 g/mol. The molecule has 4 aromatic carbocycles. The quantitative estimate of drug-likeness (QED) is 0.253. The number of methoxy groups -OCH3 is 1. The largest absolute Gasteiger partial charge is 0.497 e. The van der Waals surface area contributed by atoms with Crippen molar-refractivity contribution < 1.29 is 27.1 Å². The fourth-order valence-corrected chi connectivity index (χ4v) is 6.06. The van der Waals surface area contributed by atoms with Gasteiger partial charge in [-0.25, -0.2) is 12.8 Å². The van der Waals surface area contributed by atoms with Crippen molar-refractivity contribution >= 4 is 27.5 Å². The zero-order valence-corrected chi connectivity index (χ0v) is 25.1. The van der Waals surface area contributed by atoms with Crippen LogP contribution in [-0.2, 0) is 32.6 Å². The number of anilines is 1. The smallest absolute Gasteiger partial charge is 0.264 e. The summed E-state index contributed by atoms with van der Waals surface area (Å²) in [5, 5.41) is 2.61. The molecule has 0 aliphatic rings. The van der Waals surface area contributed by atoms with Gasteiger partial charge in [0.15, 0.2) is 0 Å². The van der Waals surface area contributed by atoms with Crippen LogP contribution >= 0.6 is 0 Å². The number of carbonyl (C=O) groups is 2. The molecule has 8 nitrogen and oxygen atoms in total. The molecule has 2 amide bonds. The number of benzene rings is 4. The third kappa shape index (κ3) is 7.58. The number of sulfonamides is 1. The molecular weight excluding hydrogens is 569 g/mol. The Labute approximate surface area is 251 Å². The molecule has 0 saturated carbocycles. The van der Waals surface area contributed by atoms with E-state index < -0.39 is 40.2 Å². The van der Waals surface area contributed by atoms with Crippen LogP contribution in [0.1, 0.15) is 16.7 Å². The van der Waals surface area contributed by atoms with Crippen LogP contribution in [0.3, 0.4) is 0 Å². The second-order valence-corrected chi connectivity index (χ2v) is 11.8. The highest BCUT2D eigenvalue weighted by atomic mass is 32.2. The van der Waals surface area contributed by atoms with Gasteiger partial charge in [0.2, 0.25) is 11.8 Å². The lowest BCUT2D eigenvalue weighted by molar-refractivity contribution is -0.139. The van der Waals surface area contributed by atoms with Gasteiger partial charge in [0, 0.05) is 25.6 Å². The van der Waals surface area contributed by atoms with Crippen LogP contribution in [0, 0.1) is 12.7 Å². The average molecular weight is 604 g/mol. The predicted molar refractivity (Wildman–Crippen MR) is 164 cm³/mol. The van der Waals surface area contributed by atoms with E-state index in [0.29, 0.717) is 5.75 Å². The van der Waals surface area contributed by atoms with E-state index in [4.69, 9.17) is 4.74 Å². The van der Waals surface area contributed by atoms with E-state index in [0.717, 1.165) is 15.4 Å². The Bertz CT molecular complexity index is 1650. The second kappa shape index (κ2) is 14.0. The van der Waals surface area contributed by atoms with Crippen molar-refractivity contribution in [2.45, 2.75) is 30.8 Å². The van der Waals surface area contributed by atoms with E-state index in [1.54, 1.807) is 42.5 Å². The minimum absolute atomic E-state index is 0.00508. The number of rotatable bonds is 12. The van der Waals surface area contributed by atoms with Crippen LogP contribution < -0.4 is 14.4 Å². The zero-order valence-electron chi connectivity index (χ0n) is 24.2. The fraction of sp³-hybridized carbons (Fsp3) is 0.212. The summed E-state index contributed by atoms with van der Waals surface area (Å²) in [5.41, 5.74) is 2.06. The summed E-state index contributed by atoms with van der Waals surface area (Å²) in [6.07, 6.45) is 0.133. The number of nitrogens with zero attached hydrogens (tertiary/aromatic N) is 2. The molecule has 1 atom stereocenters. The molecule has 0 aliphatic heterocycles. The maximum atomic E-state index is 14.9. The number of ether oxygens (including phenoxy) is 1. The molecule has 4 rings (SSSR count). The highest BCUT2D eigenvalue weighted by molar-refractivity contribution is 7.92. The van der Waals surface area contributed by atoms with Gasteiger partial charge in [-0.2, -0.15) is 0 Å². The summed E-state index contributed by atoms with van der Waals surface area (Å²) in [6, 6.07) is 26.6. The van der Waals surface area contributed by atoms with Crippen LogP contribution in [-0.4, -0.2) is 51.9 Å². The van der Waals surface area contributed by atoms with E-state index in [2.05, 4.69) is 5.32 Å². The summed E-state index contributed by atoms with van der Waals surface area (Å²) in [5.74, 6) is -1.19. The predicted octanol–water partition coefficient (Wildman–Crippen LogP) is 4.72. The molecule has 224 valence electrons. The highest BCUT2D eigenvalue weighted by Crippen LogP contribution is 2.27. The van der Waals surface area contributed by atoms with Crippen molar-refractivity contribution in [3.8, 4) is 5.75 Å². The van der Waals surface area contributed by atoms with Crippen molar-refractivity contribution in [2.24, 2.45) is 0 Å². The summed E-state index contributed by atoms with van der Waals surface area (Å²) in [7, 11) is -1.29. The van der Waals surface area contributed by atoms with Gasteiger partial charge in [-0.15, -0.1) is 0 Å². The molecule has 4 aromatic rings. The molecule has 0 aromatic heterocycles. The van der Waals surface area contributed by atoms with Crippen LogP contribution in [0.2, 0.25) is 0 Å². The Hall–Kier alpha value is -4.70. The van der Waals surface area contributed by atoms with Crippen molar-refractivity contribution in [1.82, 2.24) is 10.2 Å². The maximum Gasteiger partial charge on any atom is 0.264 e. The SMILES string of the molecule is CNC(=O)[C@H](Cc1ccccc1)N(Cc1ccccc1F)C(=O)CN(c1ccc(OC)cc1)S(=O)(=O)c1ccc(C)cc1. The molecule has 0 fully saturated rings. The van der Waals surface area contributed by atoms with Crippen molar-refractivity contribution in [2.75, 3.05) is 25.0 Å². The molecule has 1 N–H and O–H groups in total. The van der Waals surface area contributed by atoms with Crippen molar-refractivity contribution in [3.63, 3.8) is 0 Å². The first-order chi connectivity index (χ1) is 20.6. The molecule has 0 unspecified atom stereocenters. The lowest BCUT2D eigenvalue weighted by Gasteiger charge is -2.33. The molecule has 0 heterocycles. The fourth-order valence-electron chi connectivity index (χ4n) is 4.65. The number of nitrogens with one attached hydrogen (secondary N) is 1. The van der Waals surface area contributed by atoms with Gasteiger partial charge < -0.3 is 15.0 Å². The van der Waals surface area contributed by atoms with Crippen molar-refractivity contribution in [1.29, 1.82) is 0 Å². The van der Waals surface area contributed by atoms with Gasteiger partial charge >= 0.3 is 0 Å². The van der Waals surface area contributed by atoms with Gasteiger partial charge in [0.05, 0.1) is 17.7 Å². The van der Waals surface area contributed by atoms with E-state index in [-0.39, 0.29) is 29.1 Å². The van der Waals surface area contributed by atoms with Crippen LogP contribution in [0.15, 0.2) is 108 Å². The first kappa shape index (κ1) is 31.2. The van der Waals surface area contributed by atoms with Gasteiger partial charge in [-0.1, -0.05) is 66.2 Å². The van der Waals surface area contributed by atoms with Crippen LogP contribution in [0.25, 0.3) is 0 Å². The second-order valence-electron chi connectivity index (χ2n) is 9.96. The third-order valence-electron chi connectivity index (χ3n) is 7.06. The Morgan fingerprint density at radius 2 is 1.51 bits per heavy atom. The standard InChI is InChI=1S/C33H34FN3O5S/c1-24-13-19-29(20-14-24)43(40,41)37(27-15-17-28(42-3)18-16-27)23-32(38)36(22-26-11-7-8-12-30(26)34)31(33(39)35-2)21-25-9-5-4-6-10-25/h4-20,31H,21-23H2,1-3H3,(H,35,39)/t31-/m0/s1. The summed E-state index contributed by atoms with van der Waals surface area (Å²) < 4.78 is 49.1. The van der Waals surface area contributed by atoms with Crippen LogP contribution in [0.5, 0.6) is 5.75 Å². The molecule has 0 radical (unpaired) electrons.